The molecule has 1 N–H and O–H groups in total. The second kappa shape index (κ2) is 3.46. The van der Waals surface area contributed by atoms with Gasteiger partial charge in [0.05, 0.1) is 0 Å². The van der Waals surface area contributed by atoms with E-state index in [4.69, 9.17) is 9.57 Å². The molecule has 1 aliphatic heterocycles. The molecule has 0 spiro atoms. The maximum atomic E-state index is 5.41. The summed E-state index contributed by atoms with van der Waals surface area (Å²) in [5, 5.41) is 0. The molecule has 0 saturated carbocycles. The third-order valence-corrected chi connectivity index (χ3v) is 2.11. The lowest BCUT2D eigenvalue weighted by molar-refractivity contribution is 0.00112. The molecule has 1 aromatic carbocycles. The maximum Gasteiger partial charge on any atom is 0.169 e. The maximum absolute atomic E-state index is 5.41. The van der Waals surface area contributed by atoms with Crippen LogP contribution < -0.4 is 5.48 Å². The van der Waals surface area contributed by atoms with Gasteiger partial charge in [-0.15, -0.1) is 0 Å². The molecule has 0 aliphatic carbocycles. The predicted molar refractivity (Wildman–Crippen MR) is 48.7 cm³/mol. The van der Waals surface area contributed by atoms with Gasteiger partial charge in [-0.25, -0.2) is 0 Å². The van der Waals surface area contributed by atoms with Crippen LogP contribution in [0.5, 0.6) is 0 Å². The van der Waals surface area contributed by atoms with E-state index in [1.165, 1.54) is 5.56 Å². The molecule has 0 aromatic heterocycles. The van der Waals surface area contributed by atoms with Crippen LogP contribution in [0.25, 0.3) is 0 Å². The van der Waals surface area contributed by atoms with Crippen LogP contribution in [0.4, 0.5) is 0 Å². The van der Waals surface area contributed by atoms with Crippen molar-refractivity contribution in [3.05, 3.63) is 35.9 Å². The predicted octanol–water partition coefficient (Wildman–Crippen LogP) is 1.45. The fourth-order valence-electron chi connectivity index (χ4n) is 1.44. The molecule has 3 nitrogen and oxygen atoms in total. The van der Waals surface area contributed by atoms with E-state index in [-0.39, 0.29) is 5.72 Å². The van der Waals surface area contributed by atoms with Gasteiger partial charge in [-0.05, 0) is 12.5 Å². The van der Waals surface area contributed by atoms with Crippen molar-refractivity contribution in [2.24, 2.45) is 0 Å². The van der Waals surface area contributed by atoms with E-state index >= 15 is 0 Å². The molecule has 1 fully saturated rings. The monoisotopic (exact) mass is 179 g/mol. The van der Waals surface area contributed by atoms with Crippen LogP contribution in [0, 0.1) is 0 Å². The summed E-state index contributed by atoms with van der Waals surface area (Å²) >= 11 is 0. The lowest BCUT2D eigenvalue weighted by Crippen LogP contribution is -2.39. The van der Waals surface area contributed by atoms with Crippen molar-refractivity contribution in [1.29, 1.82) is 0 Å². The molecule has 1 heterocycles. The van der Waals surface area contributed by atoms with Crippen LogP contribution in [-0.4, -0.2) is 12.5 Å². The molecule has 1 atom stereocenters. The summed E-state index contributed by atoms with van der Waals surface area (Å²) in [4.78, 5) is 4.96. The smallest absolute Gasteiger partial charge is 0.169 e. The molecule has 2 rings (SSSR count). The molecule has 1 aliphatic rings. The van der Waals surface area contributed by atoms with Gasteiger partial charge in [-0.1, -0.05) is 30.3 Å². The largest absolute Gasteiger partial charge is 0.331 e. The van der Waals surface area contributed by atoms with Gasteiger partial charge in [0.15, 0.2) is 6.79 Å². The number of rotatable bonds is 2. The number of ether oxygens (including phenoxy) is 1. The second-order valence-corrected chi connectivity index (χ2v) is 3.40. The Labute approximate surface area is 77.6 Å². The number of hydrogen-bond donors (Lipinski definition) is 1. The number of benzene rings is 1. The Morgan fingerprint density at radius 3 is 2.77 bits per heavy atom. The standard InChI is InChI=1S/C10H13NO2/c1-10(11-13-8-12-10)7-9-5-3-2-4-6-9/h2-6,11H,7-8H2,1H3/t10-/m1/s1. The summed E-state index contributed by atoms with van der Waals surface area (Å²) in [5.74, 6) is 0. The summed E-state index contributed by atoms with van der Waals surface area (Å²) in [6, 6.07) is 10.2. The summed E-state index contributed by atoms with van der Waals surface area (Å²) in [5.41, 5.74) is 3.72. The minimum absolute atomic E-state index is 0.323. The van der Waals surface area contributed by atoms with Gasteiger partial charge in [0.1, 0.15) is 5.72 Å². The highest BCUT2D eigenvalue weighted by Gasteiger charge is 2.30. The van der Waals surface area contributed by atoms with E-state index in [0.717, 1.165) is 6.42 Å². The zero-order valence-corrected chi connectivity index (χ0v) is 7.62. The van der Waals surface area contributed by atoms with E-state index in [1.54, 1.807) is 0 Å². The van der Waals surface area contributed by atoms with Gasteiger partial charge in [0.25, 0.3) is 0 Å². The lowest BCUT2D eigenvalue weighted by Gasteiger charge is -2.20. The summed E-state index contributed by atoms with van der Waals surface area (Å²) in [6.07, 6.45) is 0.813. The average molecular weight is 179 g/mol. The van der Waals surface area contributed by atoms with Crippen molar-refractivity contribution in [3.63, 3.8) is 0 Å². The molecular weight excluding hydrogens is 166 g/mol. The van der Waals surface area contributed by atoms with Crippen LogP contribution in [0.1, 0.15) is 12.5 Å². The topological polar surface area (TPSA) is 30.5 Å². The summed E-state index contributed by atoms with van der Waals surface area (Å²) in [6.45, 7) is 2.30. The first kappa shape index (κ1) is 8.69. The normalized spacial score (nSPS) is 27.8. The number of hydrogen-bond acceptors (Lipinski definition) is 3. The molecule has 1 saturated heterocycles. The lowest BCUT2D eigenvalue weighted by atomic mass is 10.1. The minimum atomic E-state index is -0.374. The van der Waals surface area contributed by atoms with Crippen molar-refractivity contribution < 1.29 is 9.57 Å². The Balaban J connectivity index is 2.05. The zero-order valence-electron chi connectivity index (χ0n) is 7.62. The van der Waals surface area contributed by atoms with Crippen molar-refractivity contribution in [2.45, 2.75) is 19.1 Å². The molecule has 70 valence electrons. The van der Waals surface area contributed by atoms with E-state index in [9.17, 15) is 0 Å². The van der Waals surface area contributed by atoms with Gasteiger partial charge >= 0.3 is 0 Å². The molecule has 13 heavy (non-hydrogen) atoms. The zero-order chi connectivity index (χ0) is 9.15. The molecule has 3 heteroatoms. The minimum Gasteiger partial charge on any atom is -0.331 e. The van der Waals surface area contributed by atoms with Gasteiger partial charge in [-0.3, -0.25) is 4.84 Å². The van der Waals surface area contributed by atoms with Crippen molar-refractivity contribution in [2.75, 3.05) is 6.79 Å². The van der Waals surface area contributed by atoms with Crippen LogP contribution in [-0.2, 0) is 16.0 Å². The van der Waals surface area contributed by atoms with Gasteiger partial charge < -0.3 is 4.74 Å². The highest BCUT2D eigenvalue weighted by molar-refractivity contribution is 5.16. The fraction of sp³-hybridized carbons (Fsp3) is 0.400. The average Bonchev–Trinajstić information content (AvgIpc) is 2.54. The first-order chi connectivity index (χ1) is 6.29. The Morgan fingerprint density at radius 1 is 1.38 bits per heavy atom. The third kappa shape index (κ3) is 2.06. The second-order valence-electron chi connectivity index (χ2n) is 3.40. The van der Waals surface area contributed by atoms with Crippen LogP contribution in [0.3, 0.4) is 0 Å². The van der Waals surface area contributed by atoms with Crippen LogP contribution in [0.2, 0.25) is 0 Å². The van der Waals surface area contributed by atoms with Crippen LogP contribution >= 0.6 is 0 Å². The third-order valence-electron chi connectivity index (χ3n) is 2.11. The highest BCUT2D eigenvalue weighted by atomic mass is 16.8. The van der Waals surface area contributed by atoms with E-state index in [1.807, 2.05) is 25.1 Å². The van der Waals surface area contributed by atoms with Gasteiger partial charge in [0, 0.05) is 6.42 Å². The van der Waals surface area contributed by atoms with Crippen molar-refractivity contribution in [1.82, 2.24) is 5.48 Å². The molecule has 1 aromatic rings. The van der Waals surface area contributed by atoms with E-state index in [2.05, 4.69) is 17.6 Å². The Kier molecular flexibility index (Phi) is 2.31. The Hall–Kier alpha value is -0.900. The first-order valence-electron chi connectivity index (χ1n) is 4.35. The van der Waals surface area contributed by atoms with Gasteiger partial charge in [-0.2, -0.15) is 5.48 Å². The van der Waals surface area contributed by atoms with Gasteiger partial charge in [0.2, 0.25) is 0 Å². The molecule has 0 radical (unpaired) electrons. The molecule has 0 unspecified atom stereocenters. The fourth-order valence-corrected chi connectivity index (χ4v) is 1.44. The van der Waals surface area contributed by atoms with Crippen molar-refractivity contribution in [3.8, 4) is 0 Å². The SMILES string of the molecule is C[C@@]1(Cc2ccccc2)NOCO1. The van der Waals surface area contributed by atoms with E-state index < -0.39 is 0 Å². The first-order valence-corrected chi connectivity index (χ1v) is 4.35. The number of hydroxylamine groups is 1. The highest BCUT2D eigenvalue weighted by Crippen LogP contribution is 2.18. The molecule has 0 bridgehead atoms. The van der Waals surface area contributed by atoms with Crippen LogP contribution in [0.15, 0.2) is 30.3 Å². The number of nitrogens with one attached hydrogen (secondary N) is 1. The summed E-state index contributed by atoms with van der Waals surface area (Å²) in [7, 11) is 0. The molecular formula is C10H13NO2. The Morgan fingerprint density at radius 2 is 2.15 bits per heavy atom. The molecule has 0 amide bonds. The quantitative estimate of drug-likeness (QED) is 0.745. The Bertz CT molecular complexity index is 268. The summed E-state index contributed by atoms with van der Waals surface area (Å²) < 4.78 is 5.41. The van der Waals surface area contributed by atoms with E-state index in [0.29, 0.717) is 6.79 Å². The van der Waals surface area contributed by atoms with Crippen molar-refractivity contribution >= 4 is 0 Å².